The van der Waals surface area contributed by atoms with E-state index in [0.29, 0.717) is 17.5 Å². The number of halogens is 1. The summed E-state index contributed by atoms with van der Waals surface area (Å²) in [6, 6.07) is 0. The maximum absolute atomic E-state index is 9.02. The number of hydrogen-bond donors (Lipinski definition) is 1. The second kappa shape index (κ2) is 4.04. The summed E-state index contributed by atoms with van der Waals surface area (Å²) in [6.07, 6.45) is 5.05. The van der Waals surface area contributed by atoms with Crippen LogP contribution in [0.5, 0.6) is 0 Å². The van der Waals surface area contributed by atoms with E-state index in [2.05, 4.69) is 9.97 Å². The van der Waals surface area contributed by atoms with Crippen LogP contribution < -0.4 is 0 Å². The van der Waals surface area contributed by atoms with Crippen LogP contribution in [0.15, 0.2) is 18.6 Å². The molecule has 2 aromatic rings. The molecule has 15 heavy (non-hydrogen) atoms. The summed E-state index contributed by atoms with van der Waals surface area (Å²) in [7, 11) is 1.85. The number of aliphatic hydroxyl groups is 1. The van der Waals surface area contributed by atoms with Crippen molar-refractivity contribution < 1.29 is 5.11 Å². The van der Waals surface area contributed by atoms with Gasteiger partial charge in [-0.15, -0.1) is 0 Å². The topological polar surface area (TPSA) is 55.9 Å². The fourth-order valence-electron chi connectivity index (χ4n) is 1.36. The summed E-state index contributed by atoms with van der Waals surface area (Å²) in [5.74, 6) is 1.45. The van der Waals surface area contributed by atoms with Crippen LogP contribution in [0.1, 0.15) is 11.6 Å². The SMILES string of the molecule is Cn1c(Cl)cnc1Cn1ccnc1CO. The first kappa shape index (κ1) is 10.2. The summed E-state index contributed by atoms with van der Waals surface area (Å²) in [5.41, 5.74) is 0. The molecule has 80 valence electrons. The third-order valence-electron chi connectivity index (χ3n) is 2.28. The maximum atomic E-state index is 9.02. The Balaban J connectivity index is 2.25. The molecule has 2 rings (SSSR count). The Hall–Kier alpha value is -1.33. The van der Waals surface area contributed by atoms with Crippen molar-refractivity contribution in [3.05, 3.63) is 35.4 Å². The van der Waals surface area contributed by atoms with Gasteiger partial charge in [-0.1, -0.05) is 11.6 Å². The molecule has 6 heteroatoms. The summed E-state index contributed by atoms with van der Waals surface area (Å²) >= 11 is 5.87. The van der Waals surface area contributed by atoms with Crippen molar-refractivity contribution in [2.75, 3.05) is 0 Å². The van der Waals surface area contributed by atoms with Crippen LogP contribution in [-0.2, 0) is 20.2 Å². The molecule has 0 aromatic carbocycles. The van der Waals surface area contributed by atoms with Crippen molar-refractivity contribution >= 4 is 11.6 Å². The minimum Gasteiger partial charge on any atom is -0.388 e. The second-order valence-corrected chi connectivity index (χ2v) is 3.57. The molecule has 0 atom stereocenters. The number of aliphatic hydroxyl groups excluding tert-OH is 1. The molecule has 0 saturated carbocycles. The predicted octanol–water partition coefficient (Wildman–Crippen LogP) is 0.811. The van der Waals surface area contributed by atoms with Crippen molar-refractivity contribution in [3.63, 3.8) is 0 Å². The minimum absolute atomic E-state index is 0.0782. The Morgan fingerprint density at radius 2 is 2.20 bits per heavy atom. The van der Waals surface area contributed by atoms with Gasteiger partial charge in [0.25, 0.3) is 0 Å². The lowest BCUT2D eigenvalue weighted by Gasteiger charge is -2.06. The predicted molar refractivity (Wildman–Crippen MR) is 55.5 cm³/mol. The van der Waals surface area contributed by atoms with Gasteiger partial charge < -0.3 is 14.2 Å². The van der Waals surface area contributed by atoms with E-state index in [1.807, 2.05) is 11.6 Å². The highest BCUT2D eigenvalue weighted by Crippen LogP contribution is 2.11. The van der Waals surface area contributed by atoms with Crippen LogP contribution in [0.2, 0.25) is 5.15 Å². The fraction of sp³-hybridized carbons (Fsp3) is 0.333. The summed E-state index contributed by atoms with van der Waals surface area (Å²) in [4.78, 5) is 8.18. The monoisotopic (exact) mass is 226 g/mol. The van der Waals surface area contributed by atoms with Crippen molar-refractivity contribution in [2.45, 2.75) is 13.2 Å². The smallest absolute Gasteiger partial charge is 0.134 e. The Morgan fingerprint density at radius 1 is 1.40 bits per heavy atom. The van der Waals surface area contributed by atoms with Gasteiger partial charge in [0.2, 0.25) is 0 Å². The molecule has 2 heterocycles. The van der Waals surface area contributed by atoms with Gasteiger partial charge in [-0.05, 0) is 0 Å². The molecular weight excluding hydrogens is 216 g/mol. The standard InChI is InChI=1S/C9H11ClN4O/c1-13-7(10)4-12-8(13)5-14-3-2-11-9(14)6-15/h2-4,15H,5-6H2,1H3. The first-order valence-corrected chi connectivity index (χ1v) is 4.87. The van der Waals surface area contributed by atoms with Gasteiger partial charge in [0.1, 0.15) is 23.4 Å². The lowest BCUT2D eigenvalue weighted by molar-refractivity contribution is 0.266. The second-order valence-electron chi connectivity index (χ2n) is 3.19. The van der Waals surface area contributed by atoms with Crippen LogP contribution in [0.4, 0.5) is 0 Å². The van der Waals surface area contributed by atoms with E-state index in [1.165, 1.54) is 0 Å². The zero-order valence-corrected chi connectivity index (χ0v) is 9.02. The summed E-state index contributed by atoms with van der Waals surface area (Å²) in [6.45, 7) is 0.476. The molecule has 0 amide bonds. The first-order valence-electron chi connectivity index (χ1n) is 4.49. The van der Waals surface area contributed by atoms with Crippen LogP contribution in [0, 0.1) is 0 Å². The molecule has 0 fully saturated rings. The molecule has 0 bridgehead atoms. The Kier molecular flexibility index (Phi) is 2.75. The number of rotatable bonds is 3. The average Bonchev–Trinajstić information content (AvgIpc) is 2.80. The lowest BCUT2D eigenvalue weighted by Crippen LogP contribution is -2.08. The molecule has 0 unspecified atom stereocenters. The number of aromatic nitrogens is 4. The molecule has 0 radical (unpaired) electrons. The highest BCUT2D eigenvalue weighted by molar-refractivity contribution is 6.29. The van der Waals surface area contributed by atoms with Crippen molar-refractivity contribution in [1.29, 1.82) is 0 Å². The van der Waals surface area contributed by atoms with E-state index in [4.69, 9.17) is 16.7 Å². The lowest BCUT2D eigenvalue weighted by atomic mass is 10.5. The van der Waals surface area contributed by atoms with Gasteiger partial charge in [-0.2, -0.15) is 0 Å². The van der Waals surface area contributed by atoms with E-state index in [9.17, 15) is 0 Å². The molecule has 0 aliphatic heterocycles. The Bertz CT molecular complexity index is 462. The maximum Gasteiger partial charge on any atom is 0.134 e. The van der Waals surface area contributed by atoms with Crippen molar-refractivity contribution in [1.82, 2.24) is 19.1 Å². The van der Waals surface area contributed by atoms with Crippen LogP contribution >= 0.6 is 11.6 Å². The molecule has 0 aliphatic carbocycles. The molecule has 0 spiro atoms. The fourth-order valence-corrected chi connectivity index (χ4v) is 1.51. The van der Waals surface area contributed by atoms with E-state index in [1.54, 1.807) is 23.2 Å². The van der Waals surface area contributed by atoms with E-state index < -0.39 is 0 Å². The molecule has 2 aromatic heterocycles. The van der Waals surface area contributed by atoms with Crippen molar-refractivity contribution in [2.24, 2.45) is 7.05 Å². The molecule has 0 aliphatic rings. The molecule has 1 N–H and O–H groups in total. The molecule has 0 saturated heterocycles. The zero-order chi connectivity index (χ0) is 10.8. The Labute approximate surface area is 92.0 Å². The van der Waals surface area contributed by atoms with Crippen LogP contribution in [0.25, 0.3) is 0 Å². The minimum atomic E-state index is -0.0782. The van der Waals surface area contributed by atoms with Gasteiger partial charge in [-0.3, -0.25) is 0 Å². The van der Waals surface area contributed by atoms with Gasteiger partial charge in [0.05, 0.1) is 12.7 Å². The number of nitrogens with zero attached hydrogens (tertiary/aromatic N) is 4. The number of hydrogen-bond acceptors (Lipinski definition) is 3. The van der Waals surface area contributed by atoms with Gasteiger partial charge in [0, 0.05) is 19.4 Å². The summed E-state index contributed by atoms with van der Waals surface area (Å²) in [5, 5.41) is 9.62. The number of imidazole rings is 2. The van der Waals surface area contributed by atoms with E-state index in [0.717, 1.165) is 5.82 Å². The highest BCUT2D eigenvalue weighted by atomic mass is 35.5. The van der Waals surface area contributed by atoms with E-state index >= 15 is 0 Å². The average molecular weight is 227 g/mol. The largest absolute Gasteiger partial charge is 0.388 e. The summed E-state index contributed by atoms with van der Waals surface area (Å²) < 4.78 is 3.63. The third kappa shape index (κ3) is 1.88. The molecule has 5 nitrogen and oxygen atoms in total. The Morgan fingerprint density at radius 3 is 2.80 bits per heavy atom. The quantitative estimate of drug-likeness (QED) is 0.843. The van der Waals surface area contributed by atoms with Gasteiger partial charge in [-0.25, -0.2) is 9.97 Å². The van der Waals surface area contributed by atoms with Gasteiger partial charge >= 0.3 is 0 Å². The van der Waals surface area contributed by atoms with Gasteiger partial charge in [0.15, 0.2) is 0 Å². The van der Waals surface area contributed by atoms with Crippen molar-refractivity contribution in [3.8, 4) is 0 Å². The van der Waals surface area contributed by atoms with Crippen LogP contribution in [-0.4, -0.2) is 24.2 Å². The zero-order valence-electron chi connectivity index (χ0n) is 8.26. The molecular formula is C9H11ClN4O. The normalized spacial score (nSPS) is 10.9. The van der Waals surface area contributed by atoms with Crippen LogP contribution in [0.3, 0.4) is 0 Å². The third-order valence-corrected chi connectivity index (χ3v) is 2.63. The first-order chi connectivity index (χ1) is 7.22. The highest BCUT2D eigenvalue weighted by Gasteiger charge is 2.07. The van der Waals surface area contributed by atoms with E-state index in [-0.39, 0.29) is 6.61 Å².